The van der Waals surface area contributed by atoms with Gasteiger partial charge in [0.2, 0.25) is 0 Å². The normalized spacial score (nSPS) is 23.4. The highest BCUT2D eigenvalue weighted by Gasteiger charge is 2.43. The van der Waals surface area contributed by atoms with Gasteiger partial charge in [-0.15, -0.1) is 0 Å². The zero-order valence-corrected chi connectivity index (χ0v) is 10.7. The molecule has 1 N–H and O–H groups in total. The van der Waals surface area contributed by atoms with Gasteiger partial charge in [-0.05, 0) is 27.2 Å². The van der Waals surface area contributed by atoms with Crippen molar-refractivity contribution in [2.75, 3.05) is 13.1 Å². The topological polar surface area (TPSA) is 83.6 Å². The molecule has 0 aliphatic carbocycles. The molecule has 0 aromatic carbocycles. The van der Waals surface area contributed by atoms with Crippen LogP contribution in [0.2, 0.25) is 0 Å². The maximum absolute atomic E-state index is 12.3. The predicted molar refractivity (Wildman–Crippen MR) is 62.2 cm³/mol. The van der Waals surface area contributed by atoms with E-state index < -0.39 is 11.4 Å². The van der Waals surface area contributed by atoms with Crippen LogP contribution in [0, 0.1) is 19.3 Å². The van der Waals surface area contributed by atoms with Crippen molar-refractivity contribution >= 4 is 11.9 Å². The third-order valence-electron chi connectivity index (χ3n) is 3.52. The van der Waals surface area contributed by atoms with Crippen molar-refractivity contribution in [1.29, 1.82) is 0 Å². The summed E-state index contributed by atoms with van der Waals surface area (Å²) in [6, 6.07) is 0. The maximum Gasteiger partial charge on any atom is 0.311 e. The lowest BCUT2D eigenvalue weighted by molar-refractivity contribution is -0.147. The number of amides is 1. The number of carboxylic acids is 1. The molecule has 1 fully saturated rings. The van der Waals surface area contributed by atoms with Gasteiger partial charge >= 0.3 is 5.97 Å². The zero-order valence-electron chi connectivity index (χ0n) is 10.7. The van der Waals surface area contributed by atoms with E-state index >= 15 is 0 Å². The van der Waals surface area contributed by atoms with Gasteiger partial charge in [0.1, 0.15) is 11.3 Å². The molecule has 1 aliphatic heterocycles. The summed E-state index contributed by atoms with van der Waals surface area (Å²) in [4.78, 5) is 25.0. The third-order valence-corrected chi connectivity index (χ3v) is 3.52. The number of aryl methyl sites for hydroxylation is 2. The first-order chi connectivity index (χ1) is 8.35. The second-order valence-corrected chi connectivity index (χ2v) is 5.04. The Balaban J connectivity index is 2.21. The van der Waals surface area contributed by atoms with E-state index in [2.05, 4.69) is 5.16 Å². The van der Waals surface area contributed by atoms with Gasteiger partial charge in [0, 0.05) is 13.1 Å². The molecule has 0 radical (unpaired) electrons. The lowest BCUT2D eigenvalue weighted by Gasteiger charge is -2.20. The molecule has 1 unspecified atom stereocenters. The summed E-state index contributed by atoms with van der Waals surface area (Å²) in [5.41, 5.74) is 0.139. The molecule has 0 spiro atoms. The molecule has 0 saturated carbocycles. The van der Waals surface area contributed by atoms with E-state index in [1.807, 2.05) is 0 Å². The van der Waals surface area contributed by atoms with E-state index in [1.54, 1.807) is 25.7 Å². The first-order valence-corrected chi connectivity index (χ1v) is 5.81. The lowest BCUT2D eigenvalue weighted by atomic mass is 9.90. The summed E-state index contributed by atoms with van der Waals surface area (Å²) in [5, 5.41) is 12.9. The van der Waals surface area contributed by atoms with Crippen molar-refractivity contribution in [1.82, 2.24) is 10.1 Å². The lowest BCUT2D eigenvalue weighted by Crippen LogP contribution is -2.35. The minimum Gasteiger partial charge on any atom is -0.481 e. The number of hydrogen-bond acceptors (Lipinski definition) is 4. The van der Waals surface area contributed by atoms with Crippen LogP contribution in [0.15, 0.2) is 4.52 Å². The van der Waals surface area contributed by atoms with Crippen LogP contribution in [-0.2, 0) is 4.79 Å². The first kappa shape index (κ1) is 12.6. The first-order valence-electron chi connectivity index (χ1n) is 5.81. The van der Waals surface area contributed by atoms with Gasteiger partial charge in [-0.3, -0.25) is 9.59 Å². The number of hydrogen-bond donors (Lipinski definition) is 1. The summed E-state index contributed by atoms with van der Waals surface area (Å²) in [7, 11) is 0. The second-order valence-electron chi connectivity index (χ2n) is 5.04. The van der Waals surface area contributed by atoms with Crippen LogP contribution in [0.5, 0.6) is 0 Å². The van der Waals surface area contributed by atoms with Crippen molar-refractivity contribution in [2.24, 2.45) is 5.41 Å². The largest absolute Gasteiger partial charge is 0.481 e. The van der Waals surface area contributed by atoms with Gasteiger partial charge in [-0.1, -0.05) is 5.16 Å². The van der Waals surface area contributed by atoms with E-state index in [9.17, 15) is 9.59 Å². The minimum atomic E-state index is -0.864. The van der Waals surface area contributed by atoms with Gasteiger partial charge in [-0.25, -0.2) is 0 Å². The van der Waals surface area contributed by atoms with E-state index in [4.69, 9.17) is 9.63 Å². The van der Waals surface area contributed by atoms with Crippen molar-refractivity contribution in [3.05, 3.63) is 17.0 Å². The van der Waals surface area contributed by atoms with E-state index in [0.29, 0.717) is 30.0 Å². The van der Waals surface area contributed by atoms with Crippen molar-refractivity contribution < 1.29 is 19.2 Å². The molecule has 18 heavy (non-hydrogen) atoms. The van der Waals surface area contributed by atoms with Crippen LogP contribution in [-0.4, -0.2) is 40.1 Å². The van der Waals surface area contributed by atoms with Crippen molar-refractivity contribution in [2.45, 2.75) is 27.2 Å². The molecule has 1 saturated heterocycles. The van der Waals surface area contributed by atoms with Gasteiger partial charge in [-0.2, -0.15) is 0 Å². The van der Waals surface area contributed by atoms with E-state index in [1.165, 1.54) is 0 Å². The molecule has 6 nitrogen and oxygen atoms in total. The molecule has 1 aromatic heterocycles. The Morgan fingerprint density at radius 1 is 1.44 bits per heavy atom. The Labute approximate surface area is 105 Å². The van der Waals surface area contributed by atoms with Crippen LogP contribution >= 0.6 is 0 Å². The van der Waals surface area contributed by atoms with E-state index in [0.717, 1.165) is 0 Å². The van der Waals surface area contributed by atoms with Crippen LogP contribution in [0.1, 0.15) is 35.2 Å². The molecule has 1 atom stereocenters. The fourth-order valence-electron chi connectivity index (χ4n) is 2.26. The molecule has 1 aromatic rings. The summed E-state index contributed by atoms with van der Waals surface area (Å²) >= 11 is 0. The number of rotatable bonds is 2. The summed E-state index contributed by atoms with van der Waals surface area (Å²) in [5.74, 6) is -0.589. The number of aliphatic carboxylic acids is 1. The molecule has 2 rings (SSSR count). The quantitative estimate of drug-likeness (QED) is 0.855. The van der Waals surface area contributed by atoms with Crippen LogP contribution in [0.25, 0.3) is 0 Å². The standard InChI is InChI=1S/C12H16N2O4/c1-7-9(8(2)18-13-7)10(15)14-5-4-12(3,6-14)11(16)17/h4-6H2,1-3H3,(H,16,17). The number of carboxylic acid groups (broad SMARTS) is 1. The number of carbonyl (C=O) groups is 2. The summed E-state index contributed by atoms with van der Waals surface area (Å²) in [6.45, 7) is 5.72. The van der Waals surface area contributed by atoms with Gasteiger partial charge in [0.05, 0.1) is 11.1 Å². The highest BCUT2D eigenvalue weighted by molar-refractivity contribution is 5.96. The zero-order chi connectivity index (χ0) is 13.5. The molecule has 1 amide bonds. The Hall–Kier alpha value is -1.85. The predicted octanol–water partition coefficient (Wildman–Crippen LogP) is 1.23. The maximum atomic E-state index is 12.3. The number of nitrogens with zero attached hydrogens (tertiary/aromatic N) is 2. The highest BCUT2D eigenvalue weighted by atomic mass is 16.5. The minimum absolute atomic E-state index is 0.198. The average molecular weight is 252 g/mol. The van der Waals surface area contributed by atoms with Crippen molar-refractivity contribution in [3.63, 3.8) is 0 Å². The van der Waals surface area contributed by atoms with Crippen LogP contribution in [0.4, 0.5) is 0 Å². The highest BCUT2D eigenvalue weighted by Crippen LogP contribution is 2.31. The number of aromatic nitrogens is 1. The molecular weight excluding hydrogens is 236 g/mol. The Morgan fingerprint density at radius 3 is 2.56 bits per heavy atom. The number of carbonyl (C=O) groups excluding carboxylic acids is 1. The van der Waals surface area contributed by atoms with Gasteiger partial charge in [0.15, 0.2) is 0 Å². The second kappa shape index (κ2) is 4.12. The number of likely N-dealkylation sites (tertiary alicyclic amines) is 1. The Morgan fingerprint density at radius 2 is 2.11 bits per heavy atom. The monoisotopic (exact) mass is 252 g/mol. The van der Waals surface area contributed by atoms with Gasteiger partial charge < -0.3 is 14.5 Å². The smallest absolute Gasteiger partial charge is 0.311 e. The molecule has 6 heteroatoms. The van der Waals surface area contributed by atoms with Crippen LogP contribution in [0.3, 0.4) is 0 Å². The molecule has 0 bridgehead atoms. The van der Waals surface area contributed by atoms with E-state index in [-0.39, 0.29) is 12.5 Å². The third kappa shape index (κ3) is 1.87. The summed E-state index contributed by atoms with van der Waals surface area (Å²) in [6.07, 6.45) is 0.470. The average Bonchev–Trinajstić information content (AvgIpc) is 2.84. The Kier molecular flexibility index (Phi) is 2.88. The summed E-state index contributed by atoms with van der Waals surface area (Å²) < 4.78 is 4.96. The van der Waals surface area contributed by atoms with Crippen LogP contribution < -0.4 is 0 Å². The molecular formula is C12H16N2O4. The fraction of sp³-hybridized carbons (Fsp3) is 0.583. The fourth-order valence-corrected chi connectivity index (χ4v) is 2.26. The van der Waals surface area contributed by atoms with Crippen molar-refractivity contribution in [3.8, 4) is 0 Å². The molecule has 2 heterocycles. The molecule has 98 valence electrons. The molecule has 1 aliphatic rings. The SMILES string of the molecule is Cc1noc(C)c1C(=O)N1CCC(C)(C(=O)O)C1. The Bertz CT molecular complexity index is 489. The van der Waals surface area contributed by atoms with Gasteiger partial charge in [0.25, 0.3) is 5.91 Å².